The van der Waals surface area contributed by atoms with Crippen molar-refractivity contribution < 1.29 is 19.1 Å². The van der Waals surface area contributed by atoms with Crippen molar-refractivity contribution in [1.82, 2.24) is 15.8 Å². The number of carbonyl (C=O) groups excluding carboxylic acids is 2. The van der Waals surface area contributed by atoms with Crippen LogP contribution in [0.5, 0.6) is 11.5 Å². The van der Waals surface area contributed by atoms with Crippen molar-refractivity contribution in [2.45, 2.75) is 13.0 Å². The van der Waals surface area contributed by atoms with Gasteiger partial charge in [-0.2, -0.15) is 0 Å². The molecule has 1 atom stereocenters. The molecular weight excluding hydrogens is 366 g/mol. The molecule has 0 fully saturated rings. The first-order chi connectivity index (χ1) is 11.0. The monoisotopic (exact) mass is 381 g/mol. The van der Waals surface area contributed by atoms with Crippen molar-refractivity contribution in [2.24, 2.45) is 0 Å². The number of hydrogen-bond acceptors (Lipinski definition) is 4. The van der Waals surface area contributed by atoms with Crippen LogP contribution in [0.25, 0.3) is 0 Å². The Morgan fingerprint density at radius 2 is 1.83 bits per heavy atom. The summed E-state index contributed by atoms with van der Waals surface area (Å²) in [6.45, 7) is 1.58. The van der Waals surface area contributed by atoms with Gasteiger partial charge in [-0.3, -0.25) is 20.4 Å². The molecule has 0 bridgehead atoms. The summed E-state index contributed by atoms with van der Waals surface area (Å²) in [5.41, 5.74) is 4.94. The van der Waals surface area contributed by atoms with Gasteiger partial charge in [0.1, 0.15) is 17.2 Å². The summed E-state index contributed by atoms with van der Waals surface area (Å²) < 4.78 is 11.3. The molecular formula is C15H16BrN3O4. The van der Waals surface area contributed by atoms with Gasteiger partial charge < -0.3 is 14.5 Å². The second-order valence-corrected chi connectivity index (χ2v) is 5.53. The maximum Gasteiger partial charge on any atom is 0.286 e. The minimum Gasteiger partial charge on any atom is -0.497 e. The number of amides is 2. The average Bonchev–Trinajstić information content (AvgIpc) is 2.99. The van der Waals surface area contributed by atoms with E-state index in [1.54, 1.807) is 50.6 Å². The maximum atomic E-state index is 11.9. The second-order valence-electron chi connectivity index (χ2n) is 4.61. The standard InChI is InChI=1S/C15H16BrN3O4/c1-9(23-12-5-3-11(22-2)4-6-12)14(20)18-19-15(21)13-7-10(16)8-17-13/h3-9,17H,1-2H3,(H,18,20)(H,19,21). The summed E-state index contributed by atoms with van der Waals surface area (Å²) in [4.78, 5) is 26.5. The summed E-state index contributed by atoms with van der Waals surface area (Å²) in [7, 11) is 1.57. The zero-order valence-corrected chi connectivity index (χ0v) is 14.1. The van der Waals surface area contributed by atoms with Gasteiger partial charge in [0.25, 0.3) is 11.8 Å². The number of hydrazine groups is 1. The van der Waals surface area contributed by atoms with Crippen LogP contribution < -0.4 is 20.3 Å². The van der Waals surface area contributed by atoms with Crippen molar-refractivity contribution in [3.63, 3.8) is 0 Å². The molecule has 23 heavy (non-hydrogen) atoms. The van der Waals surface area contributed by atoms with Crippen molar-refractivity contribution in [1.29, 1.82) is 0 Å². The smallest absolute Gasteiger partial charge is 0.286 e. The average molecular weight is 382 g/mol. The van der Waals surface area contributed by atoms with Crippen LogP contribution in [-0.4, -0.2) is 30.0 Å². The van der Waals surface area contributed by atoms with Crippen molar-refractivity contribution >= 4 is 27.7 Å². The molecule has 0 aliphatic carbocycles. The van der Waals surface area contributed by atoms with E-state index >= 15 is 0 Å². The Morgan fingerprint density at radius 3 is 2.39 bits per heavy atom. The summed E-state index contributed by atoms with van der Waals surface area (Å²) in [6, 6.07) is 8.43. The third-order valence-electron chi connectivity index (χ3n) is 2.93. The third kappa shape index (κ3) is 4.75. The minimum atomic E-state index is -0.779. The lowest BCUT2D eigenvalue weighted by molar-refractivity contribution is -0.128. The third-order valence-corrected chi connectivity index (χ3v) is 3.39. The summed E-state index contributed by atoms with van der Waals surface area (Å²) in [5, 5.41) is 0. The van der Waals surface area contributed by atoms with E-state index in [0.717, 1.165) is 4.47 Å². The van der Waals surface area contributed by atoms with Crippen LogP contribution in [0.1, 0.15) is 17.4 Å². The Hall–Kier alpha value is -2.48. The predicted molar refractivity (Wildman–Crippen MR) is 87.2 cm³/mol. The van der Waals surface area contributed by atoms with E-state index in [2.05, 4.69) is 31.8 Å². The van der Waals surface area contributed by atoms with Gasteiger partial charge in [-0.25, -0.2) is 0 Å². The lowest BCUT2D eigenvalue weighted by Crippen LogP contribution is -2.47. The highest BCUT2D eigenvalue weighted by molar-refractivity contribution is 9.10. The molecule has 0 spiro atoms. The fourth-order valence-electron chi connectivity index (χ4n) is 1.70. The maximum absolute atomic E-state index is 11.9. The van der Waals surface area contributed by atoms with Gasteiger partial charge in [-0.1, -0.05) is 0 Å². The number of methoxy groups -OCH3 is 1. The predicted octanol–water partition coefficient (Wildman–Crippen LogP) is 2.01. The first kappa shape index (κ1) is 16.9. The molecule has 2 aromatic rings. The fourth-order valence-corrected chi connectivity index (χ4v) is 2.04. The number of carbonyl (C=O) groups is 2. The Bertz CT molecular complexity index is 684. The zero-order chi connectivity index (χ0) is 16.8. The van der Waals surface area contributed by atoms with E-state index in [-0.39, 0.29) is 0 Å². The molecule has 122 valence electrons. The topological polar surface area (TPSA) is 92.4 Å². The summed E-state index contributed by atoms with van der Waals surface area (Å²) >= 11 is 3.22. The first-order valence-electron chi connectivity index (χ1n) is 6.74. The molecule has 0 saturated heterocycles. The molecule has 0 saturated carbocycles. The molecule has 0 aliphatic rings. The van der Waals surface area contributed by atoms with E-state index in [4.69, 9.17) is 9.47 Å². The van der Waals surface area contributed by atoms with E-state index in [0.29, 0.717) is 17.2 Å². The quantitative estimate of drug-likeness (QED) is 0.690. The van der Waals surface area contributed by atoms with Crippen molar-refractivity contribution in [3.8, 4) is 11.5 Å². The van der Waals surface area contributed by atoms with E-state index in [9.17, 15) is 9.59 Å². The highest BCUT2D eigenvalue weighted by Crippen LogP contribution is 2.18. The highest BCUT2D eigenvalue weighted by atomic mass is 79.9. The van der Waals surface area contributed by atoms with Crippen LogP contribution in [0.2, 0.25) is 0 Å². The van der Waals surface area contributed by atoms with Crippen LogP contribution in [0.4, 0.5) is 0 Å². The molecule has 8 heteroatoms. The lowest BCUT2D eigenvalue weighted by atomic mass is 10.3. The number of aromatic amines is 1. The number of benzene rings is 1. The van der Waals surface area contributed by atoms with E-state index < -0.39 is 17.9 Å². The van der Waals surface area contributed by atoms with Gasteiger partial charge in [0.05, 0.1) is 7.11 Å². The van der Waals surface area contributed by atoms with Gasteiger partial charge in [0, 0.05) is 10.7 Å². The number of nitrogens with one attached hydrogen (secondary N) is 3. The van der Waals surface area contributed by atoms with Gasteiger partial charge in [-0.05, 0) is 53.2 Å². The molecule has 0 aliphatic heterocycles. The number of halogens is 1. The van der Waals surface area contributed by atoms with Gasteiger partial charge in [0.15, 0.2) is 6.10 Å². The normalized spacial score (nSPS) is 11.4. The molecule has 1 heterocycles. The SMILES string of the molecule is COc1ccc(OC(C)C(=O)NNC(=O)c2cc(Br)c[nH]2)cc1. The fraction of sp³-hybridized carbons (Fsp3) is 0.200. The Balaban J connectivity index is 1.83. The molecule has 0 radical (unpaired) electrons. The number of ether oxygens (including phenoxy) is 2. The van der Waals surface area contributed by atoms with Crippen LogP contribution in [0.15, 0.2) is 41.0 Å². The van der Waals surface area contributed by atoms with E-state index in [1.807, 2.05) is 0 Å². The Kier molecular flexibility index (Phi) is 5.64. The first-order valence-corrected chi connectivity index (χ1v) is 7.53. The number of H-pyrrole nitrogens is 1. The molecule has 1 aromatic heterocycles. The van der Waals surface area contributed by atoms with Crippen LogP contribution in [0.3, 0.4) is 0 Å². The molecule has 7 nitrogen and oxygen atoms in total. The summed E-state index contributed by atoms with van der Waals surface area (Å²) in [6.07, 6.45) is 0.839. The molecule has 1 aromatic carbocycles. The molecule has 2 rings (SSSR count). The van der Waals surface area contributed by atoms with Crippen LogP contribution >= 0.6 is 15.9 Å². The minimum absolute atomic E-state index is 0.320. The van der Waals surface area contributed by atoms with E-state index in [1.165, 1.54) is 0 Å². The second kappa shape index (κ2) is 7.68. The molecule has 2 amide bonds. The lowest BCUT2D eigenvalue weighted by Gasteiger charge is -2.15. The van der Waals surface area contributed by atoms with Crippen LogP contribution in [-0.2, 0) is 4.79 Å². The van der Waals surface area contributed by atoms with Gasteiger partial charge >= 0.3 is 0 Å². The number of rotatable bonds is 5. The largest absolute Gasteiger partial charge is 0.497 e. The molecule has 3 N–H and O–H groups in total. The Morgan fingerprint density at radius 1 is 1.17 bits per heavy atom. The number of aromatic nitrogens is 1. The molecule has 1 unspecified atom stereocenters. The van der Waals surface area contributed by atoms with Crippen molar-refractivity contribution in [2.75, 3.05) is 7.11 Å². The number of hydrogen-bond donors (Lipinski definition) is 3. The highest BCUT2D eigenvalue weighted by Gasteiger charge is 2.16. The van der Waals surface area contributed by atoms with Gasteiger partial charge in [0.2, 0.25) is 0 Å². The zero-order valence-electron chi connectivity index (χ0n) is 12.6. The van der Waals surface area contributed by atoms with Gasteiger partial charge in [-0.15, -0.1) is 0 Å². The van der Waals surface area contributed by atoms with Crippen LogP contribution in [0, 0.1) is 0 Å². The summed E-state index contributed by atoms with van der Waals surface area (Å²) in [5.74, 6) is 0.285. The Labute approximate surface area is 141 Å². The van der Waals surface area contributed by atoms with Crippen molar-refractivity contribution in [3.05, 3.63) is 46.7 Å².